The highest BCUT2D eigenvalue weighted by atomic mass is 16.7. The molecule has 1 aromatic carbocycles. The zero-order valence-electron chi connectivity index (χ0n) is 23.0. The number of hydrogen-bond donors (Lipinski definition) is 2. The molecule has 3 saturated carbocycles. The lowest BCUT2D eigenvalue weighted by Crippen LogP contribution is -2.65. The summed E-state index contributed by atoms with van der Waals surface area (Å²) in [4.78, 5) is 38.8. The first-order chi connectivity index (χ1) is 18.0. The van der Waals surface area contributed by atoms with E-state index in [-0.39, 0.29) is 40.6 Å². The molecule has 5 atom stereocenters. The number of likely N-dealkylation sites (tertiary alicyclic amines) is 1. The molecule has 0 radical (unpaired) electrons. The molecule has 9 nitrogen and oxygen atoms in total. The van der Waals surface area contributed by atoms with Crippen molar-refractivity contribution in [3.63, 3.8) is 0 Å². The van der Waals surface area contributed by atoms with Gasteiger partial charge in [0.05, 0.1) is 24.8 Å². The van der Waals surface area contributed by atoms with Gasteiger partial charge in [-0.25, -0.2) is 4.79 Å². The van der Waals surface area contributed by atoms with Crippen LogP contribution in [0.15, 0.2) is 18.2 Å². The normalized spacial score (nSPS) is 30.7. The maximum Gasteiger partial charge on any atom is 0.482 e. The third-order valence-corrected chi connectivity index (χ3v) is 9.91. The molecule has 2 bridgehead atoms. The molecule has 0 aromatic heterocycles. The van der Waals surface area contributed by atoms with Gasteiger partial charge in [0.1, 0.15) is 11.3 Å². The lowest BCUT2D eigenvalue weighted by molar-refractivity contribution is -0.199. The maximum absolute atomic E-state index is 13.5. The molecule has 2 amide bonds. The summed E-state index contributed by atoms with van der Waals surface area (Å²) >= 11 is 0. The molecule has 6 rings (SSSR count). The molecule has 206 valence electrons. The Morgan fingerprint density at radius 1 is 1.21 bits per heavy atom. The zero-order valence-corrected chi connectivity index (χ0v) is 23.0. The summed E-state index contributed by atoms with van der Waals surface area (Å²) in [6.45, 7) is 9.41. The number of rotatable bonds is 7. The largest absolute Gasteiger partial charge is 0.496 e. The summed E-state index contributed by atoms with van der Waals surface area (Å²) in [5.74, 6) is -0.643. The molecule has 5 unspecified atom stereocenters. The third-order valence-electron chi connectivity index (χ3n) is 9.91. The molecule has 0 spiro atoms. The predicted octanol–water partition coefficient (Wildman–Crippen LogP) is 2.95. The summed E-state index contributed by atoms with van der Waals surface area (Å²) in [5, 5.41) is 12.9. The SMILES string of the molecule is COc1c(CC(NC(=O)C2CCN(C(C)=O)CC2)B2OC3CC4CC(C4(C)C)C3(C)O2)cccc1C(=O)O. The van der Waals surface area contributed by atoms with Crippen LogP contribution < -0.4 is 10.1 Å². The van der Waals surface area contributed by atoms with Crippen LogP contribution in [-0.4, -0.2) is 72.8 Å². The average molecular weight is 526 g/mol. The van der Waals surface area contributed by atoms with Gasteiger partial charge in [0.15, 0.2) is 0 Å². The molecule has 2 saturated heterocycles. The van der Waals surface area contributed by atoms with Gasteiger partial charge in [0.25, 0.3) is 0 Å². The zero-order chi connectivity index (χ0) is 27.4. The summed E-state index contributed by atoms with van der Waals surface area (Å²) in [6, 6.07) is 5.01. The van der Waals surface area contributed by atoms with Crippen LogP contribution >= 0.6 is 0 Å². The maximum atomic E-state index is 13.5. The number of aromatic carboxylic acids is 1. The van der Waals surface area contributed by atoms with Gasteiger partial charge in [-0.3, -0.25) is 9.59 Å². The van der Waals surface area contributed by atoms with E-state index in [2.05, 4.69) is 26.1 Å². The number of carboxylic acid groups (broad SMARTS) is 1. The van der Waals surface area contributed by atoms with Crippen molar-refractivity contribution < 1.29 is 33.5 Å². The number of amides is 2. The van der Waals surface area contributed by atoms with Crippen molar-refractivity contribution in [2.24, 2.45) is 23.2 Å². The number of ether oxygens (including phenoxy) is 1. The Kier molecular flexibility index (Phi) is 7.01. The molecule has 2 heterocycles. The predicted molar refractivity (Wildman–Crippen MR) is 141 cm³/mol. The van der Waals surface area contributed by atoms with E-state index in [0.717, 1.165) is 12.8 Å². The van der Waals surface area contributed by atoms with E-state index >= 15 is 0 Å². The minimum absolute atomic E-state index is 0.0250. The Morgan fingerprint density at radius 2 is 1.92 bits per heavy atom. The number of nitrogens with one attached hydrogen (secondary N) is 1. The molecular weight excluding hydrogens is 487 g/mol. The van der Waals surface area contributed by atoms with Gasteiger partial charge in [0, 0.05) is 25.9 Å². The Hall–Kier alpha value is -2.59. The van der Waals surface area contributed by atoms with Gasteiger partial charge in [0.2, 0.25) is 11.8 Å². The van der Waals surface area contributed by atoms with Crippen molar-refractivity contribution in [1.29, 1.82) is 0 Å². The third kappa shape index (κ3) is 4.49. The monoisotopic (exact) mass is 526 g/mol. The first-order valence-corrected chi connectivity index (χ1v) is 13.7. The lowest BCUT2D eigenvalue weighted by atomic mass is 9.43. The van der Waals surface area contributed by atoms with Crippen LogP contribution in [0.4, 0.5) is 0 Å². The smallest absolute Gasteiger partial charge is 0.482 e. The van der Waals surface area contributed by atoms with Crippen LogP contribution in [0.5, 0.6) is 5.75 Å². The van der Waals surface area contributed by atoms with E-state index in [9.17, 15) is 19.5 Å². The standard InChI is InChI=1S/C28H39BN2O7/c1-16(32)31-11-9-17(10-12-31)25(33)30-23(13-18-7-6-8-20(26(34)35)24(18)36-5)29-37-22-15-19-14-21(27(19,2)3)28(22,4)38-29/h6-8,17,19,21-23H,9-15H2,1-5H3,(H,30,33)(H,34,35). The molecular formula is C28H39BN2O7. The first kappa shape index (κ1) is 27.0. The van der Waals surface area contributed by atoms with Crippen LogP contribution in [0.1, 0.15) is 69.3 Å². The highest BCUT2D eigenvalue weighted by Gasteiger charge is 2.68. The number of carbonyl (C=O) groups is 3. The fraction of sp³-hybridized carbons (Fsp3) is 0.679. The van der Waals surface area contributed by atoms with Gasteiger partial charge >= 0.3 is 13.1 Å². The number of nitrogens with zero attached hydrogens (tertiary/aromatic N) is 1. The molecule has 3 aliphatic carbocycles. The van der Waals surface area contributed by atoms with Crippen molar-refractivity contribution in [1.82, 2.24) is 10.2 Å². The van der Waals surface area contributed by atoms with E-state index in [1.165, 1.54) is 13.2 Å². The second-order valence-electron chi connectivity index (χ2n) is 12.2. The Balaban J connectivity index is 1.39. The van der Waals surface area contributed by atoms with E-state index in [1.807, 2.05) is 6.07 Å². The lowest BCUT2D eigenvalue weighted by Gasteiger charge is -2.64. The summed E-state index contributed by atoms with van der Waals surface area (Å²) in [7, 11) is 0.786. The molecule has 5 aliphatic rings. The first-order valence-electron chi connectivity index (χ1n) is 13.7. The minimum Gasteiger partial charge on any atom is -0.496 e. The van der Waals surface area contributed by atoms with Crippen LogP contribution in [-0.2, 0) is 25.3 Å². The van der Waals surface area contributed by atoms with Crippen molar-refractivity contribution in [3.05, 3.63) is 29.3 Å². The average Bonchev–Trinajstić information content (AvgIpc) is 3.25. The Morgan fingerprint density at radius 3 is 2.53 bits per heavy atom. The highest BCUT2D eigenvalue weighted by Crippen LogP contribution is 2.65. The van der Waals surface area contributed by atoms with Crippen LogP contribution in [0.3, 0.4) is 0 Å². The number of methoxy groups -OCH3 is 1. The number of carboxylic acids is 1. The van der Waals surface area contributed by atoms with Crippen molar-refractivity contribution >= 4 is 24.9 Å². The van der Waals surface area contributed by atoms with E-state index in [4.69, 9.17) is 14.0 Å². The summed E-state index contributed by atoms with van der Waals surface area (Å²) in [5.41, 5.74) is 0.488. The van der Waals surface area contributed by atoms with Gasteiger partial charge in [-0.05, 0) is 67.9 Å². The van der Waals surface area contributed by atoms with E-state index < -0.39 is 24.6 Å². The van der Waals surface area contributed by atoms with Crippen LogP contribution in [0.2, 0.25) is 0 Å². The van der Waals surface area contributed by atoms with E-state index in [0.29, 0.717) is 49.8 Å². The van der Waals surface area contributed by atoms with Gasteiger partial charge < -0.3 is 29.4 Å². The Labute approximate surface area is 224 Å². The van der Waals surface area contributed by atoms with Crippen molar-refractivity contribution in [2.45, 2.75) is 77.4 Å². The number of piperidine rings is 1. The Bertz CT molecular complexity index is 1120. The van der Waals surface area contributed by atoms with Crippen molar-refractivity contribution in [3.8, 4) is 5.75 Å². The van der Waals surface area contributed by atoms with Gasteiger partial charge in [-0.2, -0.15) is 0 Å². The van der Waals surface area contributed by atoms with E-state index in [1.54, 1.807) is 17.9 Å². The summed E-state index contributed by atoms with van der Waals surface area (Å²) < 4.78 is 18.8. The fourth-order valence-electron chi connectivity index (χ4n) is 7.44. The molecule has 10 heteroatoms. The number of para-hydroxylation sites is 1. The molecule has 5 fully saturated rings. The van der Waals surface area contributed by atoms with Gasteiger partial charge in [-0.1, -0.05) is 26.0 Å². The number of benzene rings is 1. The van der Waals surface area contributed by atoms with Gasteiger partial charge in [-0.15, -0.1) is 0 Å². The second kappa shape index (κ2) is 9.86. The molecule has 38 heavy (non-hydrogen) atoms. The highest BCUT2D eigenvalue weighted by molar-refractivity contribution is 6.48. The van der Waals surface area contributed by atoms with Crippen LogP contribution in [0, 0.1) is 23.2 Å². The van der Waals surface area contributed by atoms with Crippen LogP contribution in [0.25, 0.3) is 0 Å². The molecule has 2 N–H and O–H groups in total. The number of hydrogen-bond acceptors (Lipinski definition) is 6. The molecule has 1 aromatic rings. The quantitative estimate of drug-likeness (QED) is 0.525. The second-order valence-corrected chi connectivity index (χ2v) is 12.2. The fourth-order valence-corrected chi connectivity index (χ4v) is 7.44. The minimum atomic E-state index is -1.07. The molecule has 2 aliphatic heterocycles. The van der Waals surface area contributed by atoms with Crippen molar-refractivity contribution in [2.75, 3.05) is 20.2 Å². The summed E-state index contributed by atoms with van der Waals surface area (Å²) in [6.07, 6.45) is 3.50. The number of carbonyl (C=O) groups excluding carboxylic acids is 2. The topological polar surface area (TPSA) is 114 Å².